The molecular formula is C17H15N3O4. The van der Waals surface area contributed by atoms with E-state index in [2.05, 4.69) is 11.9 Å². The topological polar surface area (TPSA) is 81.5 Å². The molecule has 0 saturated carbocycles. The molecule has 2 amide bonds. The third-order valence-corrected chi connectivity index (χ3v) is 4.39. The lowest BCUT2D eigenvalue weighted by Gasteiger charge is -2.18. The van der Waals surface area contributed by atoms with Gasteiger partial charge in [0.1, 0.15) is 5.82 Å². The molecule has 122 valence electrons. The highest BCUT2D eigenvalue weighted by Crippen LogP contribution is 2.24. The van der Waals surface area contributed by atoms with Gasteiger partial charge in [-0.25, -0.2) is 9.78 Å². The molecule has 7 nitrogen and oxygen atoms in total. The smallest absolute Gasteiger partial charge is 0.334 e. The SMILES string of the molecule is CC1CCn2cc(C(=O)ON3C(=O)c4ccccc4C3=O)nc2C1. The Kier molecular flexibility index (Phi) is 3.23. The van der Waals surface area contributed by atoms with Crippen LogP contribution in [0.25, 0.3) is 0 Å². The van der Waals surface area contributed by atoms with E-state index in [0.717, 1.165) is 25.2 Å². The Labute approximate surface area is 137 Å². The summed E-state index contributed by atoms with van der Waals surface area (Å²) >= 11 is 0. The zero-order valence-corrected chi connectivity index (χ0v) is 13.1. The van der Waals surface area contributed by atoms with Crippen LogP contribution in [-0.4, -0.2) is 32.4 Å². The molecule has 1 aromatic heterocycles. The van der Waals surface area contributed by atoms with Crippen molar-refractivity contribution in [3.63, 3.8) is 0 Å². The third-order valence-electron chi connectivity index (χ3n) is 4.39. The van der Waals surface area contributed by atoms with Gasteiger partial charge in [-0.3, -0.25) is 9.59 Å². The number of amides is 2. The lowest BCUT2D eigenvalue weighted by atomic mass is 10.0. The largest absolute Gasteiger partial charge is 0.383 e. The molecule has 0 aliphatic carbocycles. The first kappa shape index (κ1) is 14.6. The van der Waals surface area contributed by atoms with Crippen LogP contribution in [0, 0.1) is 5.92 Å². The van der Waals surface area contributed by atoms with Crippen molar-refractivity contribution in [2.45, 2.75) is 26.3 Å². The summed E-state index contributed by atoms with van der Waals surface area (Å²) < 4.78 is 1.92. The lowest BCUT2D eigenvalue weighted by molar-refractivity contribution is -0.0588. The number of hydroxylamine groups is 2. The number of rotatable bonds is 2. The first-order chi connectivity index (χ1) is 11.5. The molecule has 0 radical (unpaired) electrons. The number of imide groups is 1. The van der Waals surface area contributed by atoms with Gasteiger partial charge in [0, 0.05) is 19.2 Å². The number of hydrogen-bond donors (Lipinski definition) is 0. The van der Waals surface area contributed by atoms with Gasteiger partial charge in [-0.1, -0.05) is 24.1 Å². The van der Waals surface area contributed by atoms with E-state index in [0.29, 0.717) is 11.0 Å². The van der Waals surface area contributed by atoms with Crippen molar-refractivity contribution in [1.29, 1.82) is 0 Å². The van der Waals surface area contributed by atoms with E-state index in [4.69, 9.17) is 4.84 Å². The minimum atomic E-state index is -0.806. The van der Waals surface area contributed by atoms with Gasteiger partial charge in [0.2, 0.25) is 0 Å². The molecule has 0 bridgehead atoms. The molecule has 1 unspecified atom stereocenters. The van der Waals surface area contributed by atoms with Gasteiger partial charge in [-0.2, -0.15) is 0 Å². The number of nitrogens with zero attached hydrogens (tertiary/aromatic N) is 3. The average molecular weight is 325 g/mol. The van der Waals surface area contributed by atoms with E-state index < -0.39 is 17.8 Å². The first-order valence-electron chi connectivity index (χ1n) is 7.80. The van der Waals surface area contributed by atoms with Gasteiger partial charge in [0.05, 0.1) is 11.1 Å². The predicted molar refractivity (Wildman–Crippen MR) is 82.1 cm³/mol. The number of fused-ring (bicyclic) bond motifs is 2. The van der Waals surface area contributed by atoms with Crippen LogP contribution in [0.5, 0.6) is 0 Å². The number of aromatic nitrogens is 2. The number of imidazole rings is 1. The van der Waals surface area contributed by atoms with Crippen molar-refractivity contribution in [3.05, 3.63) is 53.1 Å². The van der Waals surface area contributed by atoms with Crippen LogP contribution in [0.3, 0.4) is 0 Å². The van der Waals surface area contributed by atoms with E-state index in [-0.39, 0.29) is 16.8 Å². The molecule has 0 saturated heterocycles. The molecule has 1 aromatic carbocycles. The molecule has 24 heavy (non-hydrogen) atoms. The molecule has 3 heterocycles. The first-order valence-corrected chi connectivity index (χ1v) is 7.80. The highest BCUT2D eigenvalue weighted by atomic mass is 16.7. The molecule has 2 aromatic rings. The fraction of sp³-hybridized carbons (Fsp3) is 0.294. The van der Waals surface area contributed by atoms with Crippen molar-refractivity contribution < 1.29 is 19.2 Å². The quantitative estimate of drug-likeness (QED) is 0.787. The van der Waals surface area contributed by atoms with Crippen molar-refractivity contribution >= 4 is 17.8 Å². The van der Waals surface area contributed by atoms with Gasteiger partial charge in [0.15, 0.2) is 5.69 Å². The Morgan fingerprint density at radius 1 is 1.21 bits per heavy atom. The molecule has 2 aliphatic heterocycles. The Morgan fingerprint density at radius 2 is 1.88 bits per heavy atom. The van der Waals surface area contributed by atoms with Crippen LogP contribution in [0.15, 0.2) is 30.5 Å². The maximum absolute atomic E-state index is 12.3. The van der Waals surface area contributed by atoms with Crippen LogP contribution in [0.1, 0.15) is 50.4 Å². The zero-order chi connectivity index (χ0) is 16.8. The standard InChI is InChI=1S/C17H15N3O4/c1-10-6-7-19-9-13(18-14(19)8-10)17(23)24-20-15(21)11-4-2-3-5-12(11)16(20)22/h2-5,9-10H,6-8H2,1H3. The highest BCUT2D eigenvalue weighted by Gasteiger charge is 2.39. The summed E-state index contributed by atoms with van der Waals surface area (Å²) in [6.07, 6.45) is 3.43. The molecule has 7 heteroatoms. The summed E-state index contributed by atoms with van der Waals surface area (Å²) in [6, 6.07) is 6.36. The van der Waals surface area contributed by atoms with Crippen molar-refractivity contribution in [1.82, 2.24) is 14.6 Å². The molecular weight excluding hydrogens is 310 g/mol. The van der Waals surface area contributed by atoms with E-state index in [9.17, 15) is 14.4 Å². The van der Waals surface area contributed by atoms with Crippen LogP contribution >= 0.6 is 0 Å². The molecule has 0 N–H and O–H groups in total. The summed E-state index contributed by atoms with van der Waals surface area (Å²) in [6.45, 7) is 2.93. The second-order valence-electron chi connectivity index (χ2n) is 6.16. The second kappa shape index (κ2) is 5.30. The molecule has 4 rings (SSSR count). The predicted octanol–water partition coefficient (Wildman–Crippen LogP) is 1.83. The summed E-state index contributed by atoms with van der Waals surface area (Å²) in [5.41, 5.74) is 0.567. The minimum absolute atomic E-state index is 0.107. The normalized spacial score (nSPS) is 19.2. The van der Waals surface area contributed by atoms with Crippen LogP contribution in [0.4, 0.5) is 0 Å². The second-order valence-corrected chi connectivity index (χ2v) is 6.16. The number of aryl methyl sites for hydroxylation is 1. The van der Waals surface area contributed by atoms with Gasteiger partial charge < -0.3 is 9.40 Å². The van der Waals surface area contributed by atoms with Crippen LogP contribution in [-0.2, 0) is 17.8 Å². The summed E-state index contributed by atoms with van der Waals surface area (Å²) in [5.74, 6) is -0.745. The molecule has 0 fully saturated rings. The molecule has 2 aliphatic rings. The fourth-order valence-electron chi connectivity index (χ4n) is 3.06. The van der Waals surface area contributed by atoms with E-state index in [1.165, 1.54) is 12.1 Å². The number of carbonyl (C=O) groups is 3. The summed E-state index contributed by atoms with van der Waals surface area (Å²) in [5, 5.41) is 0.508. The minimum Gasteiger partial charge on any atom is -0.334 e. The van der Waals surface area contributed by atoms with Crippen molar-refractivity contribution in [3.8, 4) is 0 Å². The van der Waals surface area contributed by atoms with Crippen molar-refractivity contribution in [2.24, 2.45) is 5.92 Å². The van der Waals surface area contributed by atoms with E-state index in [1.807, 2.05) is 4.57 Å². The zero-order valence-electron chi connectivity index (χ0n) is 13.1. The van der Waals surface area contributed by atoms with Gasteiger partial charge in [-0.15, -0.1) is 0 Å². The van der Waals surface area contributed by atoms with Crippen molar-refractivity contribution in [2.75, 3.05) is 0 Å². The number of carbonyl (C=O) groups excluding carboxylic acids is 3. The van der Waals surface area contributed by atoms with Gasteiger partial charge in [-0.05, 0) is 24.5 Å². The lowest BCUT2D eigenvalue weighted by Crippen LogP contribution is -2.32. The summed E-state index contributed by atoms with van der Waals surface area (Å²) in [4.78, 5) is 46.0. The van der Waals surface area contributed by atoms with E-state index >= 15 is 0 Å². The van der Waals surface area contributed by atoms with E-state index in [1.54, 1.807) is 18.3 Å². The molecule has 0 spiro atoms. The molecule has 1 atom stereocenters. The maximum atomic E-state index is 12.3. The van der Waals surface area contributed by atoms with Crippen LogP contribution in [0.2, 0.25) is 0 Å². The fourth-order valence-corrected chi connectivity index (χ4v) is 3.06. The Hall–Kier alpha value is -2.96. The van der Waals surface area contributed by atoms with Crippen LogP contribution < -0.4 is 0 Å². The Bertz CT molecular complexity index is 835. The average Bonchev–Trinajstić information content (AvgIpc) is 3.10. The highest BCUT2D eigenvalue weighted by molar-refractivity contribution is 6.21. The Balaban J connectivity index is 1.55. The summed E-state index contributed by atoms with van der Waals surface area (Å²) in [7, 11) is 0. The van der Waals surface area contributed by atoms with Gasteiger partial charge in [0.25, 0.3) is 11.8 Å². The third kappa shape index (κ3) is 2.20. The monoisotopic (exact) mass is 325 g/mol. The Morgan fingerprint density at radius 3 is 2.54 bits per heavy atom. The number of hydrogen-bond acceptors (Lipinski definition) is 5. The maximum Gasteiger partial charge on any atom is 0.383 e. The van der Waals surface area contributed by atoms with Gasteiger partial charge >= 0.3 is 5.97 Å². The number of benzene rings is 1.